The van der Waals surface area contributed by atoms with Gasteiger partial charge in [-0.3, -0.25) is 0 Å². The van der Waals surface area contributed by atoms with Crippen molar-refractivity contribution in [2.75, 3.05) is 21.3 Å². The number of benzene rings is 1. The number of hydrogen-bond acceptors (Lipinski definition) is 7. The van der Waals surface area contributed by atoms with Crippen molar-refractivity contribution in [1.82, 2.24) is 10.2 Å². The zero-order chi connectivity index (χ0) is 13.8. The van der Waals surface area contributed by atoms with E-state index in [1.54, 1.807) is 25.3 Å². The molecule has 2 rings (SSSR count). The number of carbonyl (C=O) groups is 1. The Labute approximate surface area is 109 Å². The monoisotopic (exact) mass is 264 g/mol. The van der Waals surface area contributed by atoms with Crippen LogP contribution in [-0.4, -0.2) is 37.5 Å². The summed E-state index contributed by atoms with van der Waals surface area (Å²) in [5.74, 6) is 0.369. The van der Waals surface area contributed by atoms with Gasteiger partial charge in [0, 0.05) is 0 Å². The van der Waals surface area contributed by atoms with E-state index in [0.717, 1.165) is 0 Å². The van der Waals surface area contributed by atoms with Crippen molar-refractivity contribution in [3.63, 3.8) is 0 Å². The smallest absolute Gasteiger partial charge is 0.396 e. The van der Waals surface area contributed by atoms with Crippen LogP contribution in [-0.2, 0) is 4.74 Å². The summed E-state index contributed by atoms with van der Waals surface area (Å²) in [5.41, 5.74) is 0.532. The first-order valence-electron chi connectivity index (χ1n) is 5.33. The lowest BCUT2D eigenvalue weighted by atomic mass is 10.2. The molecule has 7 nitrogen and oxygen atoms in total. The molecule has 1 aromatic heterocycles. The van der Waals surface area contributed by atoms with Crippen LogP contribution in [0.15, 0.2) is 22.6 Å². The maximum atomic E-state index is 11.3. The summed E-state index contributed by atoms with van der Waals surface area (Å²) in [6.07, 6.45) is 0. The number of hydrogen-bond donors (Lipinski definition) is 0. The van der Waals surface area contributed by atoms with Crippen molar-refractivity contribution in [3.05, 3.63) is 24.1 Å². The zero-order valence-electron chi connectivity index (χ0n) is 10.7. The molecule has 0 atom stereocenters. The van der Waals surface area contributed by atoms with Crippen LogP contribution in [0.3, 0.4) is 0 Å². The fraction of sp³-hybridized carbons (Fsp3) is 0.250. The molecule has 0 bridgehead atoms. The molecule has 0 saturated heterocycles. The van der Waals surface area contributed by atoms with Gasteiger partial charge in [0.1, 0.15) is 11.5 Å². The molecule has 0 aliphatic carbocycles. The number of nitrogens with zero attached hydrogens (tertiary/aromatic N) is 2. The SMILES string of the molecule is COC(=O)c1nnc(-c2cc(OC)ccc2OC)o1. The average Bonchev–Trinajstić information content (AvgIpc) is 2.95. The lowest BCUT2D eigenvalue weighted by Gasteiger charge is -2.06. The fourth-order valence-corrected chi connectivity index (χ4v) is 1.48. The minimum atomic E-state index is -0.694. The van der Waals surface area contributed by atoms with Crippen molar-refractivity contribution in [2.45, 2.75) is 0 Å². The van der Waals surface area contributed by atoms with E-state index in [0.29, 0.717) is 17.1 Å². The van der Waals surface area contributed by atoms with Crippen LogP contribution in [0.5, 0.6) is 11.5 Å². The molecule has 1 heterocycles. The highest BCUT2D eigenvalue weighted by atomic mass is 16.5. The molecule has 100 valence electrons. The summed E-state index contributed by atoms with van der Waals surface area (Å²) < 4.78 is 20.0. The summed E-state index contributed by atoms with van der Waals surface area (Å²) in [6.45, 7) is 0. The van der Waals surface area contributed by atoms with Crippen LogP contribution < -0.4 is 9.47 Å². The number of esters is 1. The number of ether oxygens (including phenoxy) is 3. The lowest BCUT2D eigenvalue weighted by Crippen LogP contribution is -2.00. The Bertz CT molecular complexity index is 594. The van der Waals surface area contributed by atoms with E-state index in [1.165, 1.54) is 14.2 Å². The maximum Gasteiger partial charge on any atom is 0.396 e. The molecule has 0 amide bonds. The second kappa shape index (κ2) is 5.38. The van der Waals surface area contributed by atoms with Gasteiger partial charge in [-0.25, -0.2) is 4.79 Å². The molecule has 0 aliphatic heterocycles. The molecule has 0 fully saturated rings. The van der Waals surface area contributed by atoms with E-state index >= 15 is 0 Å². The normalized spacial score (nSPS) is 10.1. The Morgan fingerprint density at radius 2 is 1.95 bits per heavy atom. The molecule has 1 aromatic carbocycles. The van der Waals surface area contributed by atoms with Gasteiger partial charge in [-0.1, -0.05) is 0 Å². The minimum absolute atomic E-state index is 0.149. The van der Waals surface area contributed by atoms with Crippen molar-refractivity contribution < 1.29 is 23.4 Å². The number of rotatable bonds is 4. The summed E-state index contributed by atoms with van der Waals surface area (Å²) in [7, 11) is 4.29. The van der Waals surface area contributed by atoms with Crippen molar-refractivity contribution in [2.24, 2.45) is 0 Å². The van der Waals surface area contributed by atoms with Crippen LogP contribution in [0, 0.1) is 0 Å². The van der Waals surface area contributed by atoms with Gasteiger partial charge in [-0.15, -0.1) is 10.2 Å². The van der Waals surface area contributed by atoms with Gasteiger partial charge in [0.15, 0.2) is 0 Å². The van der Waals surface area contributed by atoms with E-state index in [4.69, 9.17) is 13.9 Å². The summed E-state index contributed by atoms with van der Waals surface area (Å²) >= 11 is 0. The van der Waals surface area contributed by atoms with Gasteiger partial charge in [0.2, 0.25) is 0 Å². The van der Waals surface area contributed by atoms with Crippen molar-refractivity contribution in [3.8, 4) is 23.0 Å². The molecule has 7 heteroatoms. The summed E-state index contributed by atoms with van der Waals surface area (Å²) in [5, 5.41) is 7.39. The average molecular weight is 264 g/mol. The molecular formula is C12H12N2O5. The summed E-state index contributed by atoms with van der Waals surface area (Å²) in [6, 6.07) is 5.11. The molecule has 0 aliphatic rings. The Kier molecular flexibility index (Phi) is 3.65. The first-order chi connectivity index (χ1) is 9.19. The van der Waals surface area contributed by atoms with Crippen LogP contribution in [0.1, 0.15) is 10.7 Å². The van der Waals surface area contributed by atoms with Gasteiger partial charge in [0.25, 0.3) is 5.89 Å². The molecule has 0 radical (unpaired) electrons. The molecule has 19 heavy (non-hydrogen) atoms. The van der Waals surface area contributed by atoms with E-state index in [9.17, 15) is 4.79 Å². The second-order valence-corrected chi connectivity index (χ2v) is 3.47. The topological polar surface area (TPSA) is 83.7 Å². The maximum absolute atomic E-state index is 11.3. The number of methoxy groups -OCH3 is 3. The fourth-order valence-electron chi connectivity index (χ4n) is 1.48. The van der Waals surface area contributed by atoms with Crippen LogP contribution in [0.25, 0.3) is 11.5 Å². The molecule has 0 spiro atoms. The third-order valence-corrected chi connectivity index (χ3v) is 2.42. The Balaban J connectivity index is 2.45. The lowest BCUT2D eigenvalue weighted by molar-refractivity contribution is 0.0556. The standard InChI is InChI=1S/C12H12N2O5/c1-16-7-4-5-9(17-2)8(6-7)10-13-14-11(19-10)12(15)18-3/h4-6H,1-3H3. The van der Waals surface area contributed by atoms with E-state index in [1.807, 2.05) is 0 Å². The zero-order valence-corrected chi connectivity index (χ0v) is 10.7. The van der Waals surface area contributed by atoms with E-state index in [-0.39, 0.29) is 11.8 Å². The third-order valence-electron chi connectivity index (χ3n) is 2.42. The van der Waals surface area contributed by atoms with Crippen LogP contribution >= 0.6 is 0 Å². The van der Waals surface area contributed by atoms with Crippen LogP contribution in [0.4, 0.5) is 0 Å². The van der Waals surface area contributed by atoms with Gasteiger partial charge in [-0.05, 0) is 18.2 Å². The van der Waals surface area contributed by atoms with Gasteiger partial charge < -0.3 is 18.6 Å². The Morgan fingerprint density at radius 1 is 1.16 bits per heavy atom. The number of aromatic nitrogens is 2. The highest BCUT2D eigenvalue weighted by molar-refractivity contribution is 5.84. The van der Waals surface area contributed by atoms with E-state index in [2.05, 4.69) is 14.9 Å². The van der Waals surface area contributed by atoms with Gasteiger partial charge in [-0.2, -0.15) is 0 Å². The summed E-state index contributed by atoms with van der Waals surface area (Å²) in [4.78, 5) is 11.3. The second-order valence-electron chi connectivity index (χ2n) is 3.47. The molecule has 2 aromatic rings. The quantitative estimate of drug-likeness (QED) is 0.774. The van der Waals surface area contributed by atoms with Crippen molar-refractivity contribution in [1.29, 1.82) is 0 Å². The largest absolute Gasteiger partial charge is 0.497 e. The van der Waals surface area contributed by atoms with E-state index < -0.39 is 5.97 Å². The first-order valence-corrected chi connectivity index (χ1v) is 5.33. The van der Waals surface area contributed by atoms with Gasteiger partial charge in [0.05, 0.1) is 26.9 Å². The molecule has 0 unspecified atom stereocenters. The minimum Gasteiger partial charge on any atom is -0.497 e. The predicted octanol–water partition coefficient (Wildman–Crippen LogP) is 1.54. The highest BCUT2D eigenvalue weighted by Gasteiger charge is 2.19. The highest BCUT2D eigenvalue weighted by Crippen LogP contribution is 2.32. The van der Waals surface area contributed by atoms with Gasteiger partial charge >= 0.3 is 11.9 Å². The molecule has 0 N–H and O–H groups in total. The Hall–Kier alpha value is -2.57. The number of carbonyl (C=O) groups excluding carboxylic acids is 1. The van der Waals surface area contributed by atoms with Crippen molar-refractivity contribution >= 4 is 5.97 Å². The third kappa shape index (κ3) is 2.49. The Morgan fingerprint density at radius 3 is 2.58 bits per heavy atom. The molecular weight excluding hydrogens is 252 g/mol. The van der Waals surface area contributed by atoms with Crippen LogP contribution in [0.2, 0.25) is 0 Å². The first kappa shape index (κ1) is 12.9. The predicted molar refractivity (Wildman–Crippen MR) is 64.2 cm³/mol. The molecule has 0 saturated carbocycles.